The molecule has 0 aromatic heterocycles. The minimum atomic E-state index is 0.174. The zero-order valence-corrected chi connectivity index (χ0v) is 12.1. The van der Waals surface area contributed by atoms with Crippen molar-refractivity contribution in [2.75, 3.05) is 19.6 Å². The fraction of sp³-hybridized carbons (Fsp3) is 0.857. The van der Waals surface area contributed by atoms with E-state index in [4.69, 9.17) is 0 Å². The summed E-state index contributed by atoms with van der Waals surface area (Å²) in [6, 6.07) is 0. The van der Waals surface area contributed by atoms with E-state index in [2.05, 4.69) is 30.8 Å². The van der Waals surface area contributed by atoms with Crippen molar-refractivity contribution >= 4 is 11.7 Å². The second-order valence-corrected chi connectivity index (χ2v) is 4.87. The molecule has 18 heavy (non-hydrogen) atoms. The lowest BCUT2D eigenvalue weighted by Gasteiger charge is -2.31. The number of hydrogen-bond acceptors (Lipinski definition) is 3. The van der Waals surface area contributed by atoms with E-state index in [1.54, 1.807) is 5.01 Å². The molecule has 0 fully saturated rings. The molecule has 0 aromatic rings. The lowest BCUT2D eigenvalue weighted by Crippen LogP contribution is -2.40. The lowest BCUT2D eigenvalue weighted by atomic mass is 10.2. The number of carbonyl (C=O) groups is 1. The van der Waals surface area contributed by atoms with Gasteiger partial charge in [-0.05, 0) is 19.3 Å². The van der Waals surface area contributed by atoms with Crippen molar-refractivity contribution in [3.8, 4) is 0 Å². The van der Waals surface area contributed by atoms with Crippen LogP contribution in [-0.2, 0) is 4.79 Å². The lowest BCUT2D eigenvalue weighted by molar-refractivity contribution is -0.131. The highest BCUT2D eigenvalue weighted by atomic mass is 16.2. The summed E-state index contributed by atoms with van der Waals surface area (Å²) in [7, 11) is 0. The van der Waals surface area contributed by atoms with Crippen LogP contribution in [0.3, 0.4) is 0 Å². The maximum atomic E-state index is 11.7. The molecule has 4 nitrogen and oxygen atoms in total. The fourth-order valence-electron chi connectivity index (χ4n) is 2.19. The maximum Gasteiger partial charge on any atom is 0.243 e. The Morgan fingerprint density at radius 1 is 1.11 bits per heavy atom. The molecule has 0 spiro atoms. The standard InChI is InChI=1S/C14H27N3O/c1-4-7-12-16(10-5-2)13-8-9-14(18)17(15-13)11-6-3/h4-12H2,1-3H3. The van der Waals surface area contributed by atoms with E-state index in [9.17, 15) is 4.79 Å². The number of hydrazone groups is 1. The van der Waals surface area contributed by atoms with Crippen molar-refractivity contribution in [2.45, 2.75) is 59.3 Å². The van der Waals surface area contributed by atoms with E-state index in [-0.39, 0.29) is 5.91 Å². The number of carbonyl (C=O) groups excluding carboxylic acids is 1. The molecule has 0 N–H and O–H groups in total. The third-order valence-corrected chi connectivity index (χ3v) is 3.16. The Labute approximate surface area is 111 Å². The molecule has 104 valence electrons. The molecule has 0 aromatic carbocycles. The van der Waals surface area contributed by atoms with Crippen LogP contribution in [0.5, 0.6) is 0 Å². The molecule has 0 bridgehead atoms. The topological polar surface area (TPSA) is 35.9 Å². The van der Waals surface area contributed by atoms with Crippen molar-refractivity contribution in [1.29, 1.82) is 0 Å². The molecule has 0 saturated carbocycles. The highest BCUT2D eigenvalue weighted by Gasteiger charge is 2.22. The number of amides is 1. The van der Waals surface area contributed by atoms with Gasteiger partial charge in [0.05, 0.1) is 0 Å². The molecule has 1 aliphatic rings. The van der Waals surface area contributed by atoms with Gasteiger partial charge in [-0.1, -0.05) is 27.2 Å². The summed E-state index contributed by atoms with van der Waals surface area (Å²) in [6.45, 7) is 9.34. The summed E-state index contributed by atoms with van der Waals surface area (Å²) in [5.74, 6) is 1.28. The first-order valence-electron chi connectivity index (χ1n) is 7.35. The first kappa shape index (κ1) is 15.0. The minimum absolute atomic E-state index is 0.174. The summed E-state index contributed by atoms with van der Waals surface area (Å²) in [5.41, 5.74) is 0. The van der Waals surface area contributed by atoms with Crippen LogP contribution in [0.4, 0.5) is 0 Å². The smallest absolute Gasteiger partial charge is 0.243 e. The van der Waals surface area contributed by atoms with Crippen LogP contribution < -0.4 is 0 Å². The number of hydrogen-bond donors (Lipinski definition) is 0. The van der Waals surface area contributed by atoms with Gasteiger partial charge < -0.3 is 4.90 Å². The molecule has 0 radical (unpaired) electrons. The Morgan fingerprint density at radius 3 is 2.50 bits per heavy atom. The highest BCUT2D eigenvalue weighted by molar-refractivity contribution is 5.91. The maximum absolute atomic E-state index is 11.7. The Balaban J connectivity index is 2.69. The molecule has 1 amide bonds. The van der Waals surface area contributed by atoms with Crippen LogP contribution in [0.25, 0.3) is 0 Å². The van der Waals surface area contributed by atoms with Gasteiger partial charge in [-0.15, -0.1) is 0 Å². The average molecular weight is 253 g/mol. The van der Waals surface area contributed by atoms with Crippen LogP contribution >= 0.6 is 0 Å². The molecule has 1 aliphatic heterocycles. The van der Waals surface area contributed by atoms with E-state index in [0.717, 1.165) is 44.7 Å². The highest BCUT2D eigenvalue weighted by Crippen LogP contribution is 2.13. The predicted octanol–water partition coefficient (Wildman–Crippen LogP) is 2.84. The summed E-state index contributed by atoms with van der Waals surface area (Å²) in [4.78, 5) is 14.1. The monoisotopic (exact) mass is 253 g/mol. The largest absolute Gasteiger partial charge is 0.359 e. The van der Waals surface area contributed by atoms with Crippen LogP contribution in [0.15, 0.2) is 5.10 Å². The number of unbranched alkanes of at least 4 members (excludes halogenated alkanes) is 1. The van der Waals surface area contributed by atoms with E-state index < -0.39 is 0 Å². The van der Waals surface area contributed by atoms with Crippen molar-refractivity contribution in [2.24, 2.45) is 5.10 Å². The van der Waals surface area contributed by atoms with Crippen LogP contribution in [0.1, 0.15) is 59.3 Å². The molecule has 1 rings (SSSR count). The number of nitrogens with zero attached hydrogens (tertiary/aromatic N) is 3. The van der Waals surface area contributed by atoms with E-state index in [1.165, 1.54) is 12.8 Å². The second kappa shape index (κ2) is 8.11. The third-order valence-electron chi connectivity index (χ3n) is 3.16. The molecular formula is C14H27N3O. The SMILES string of the molecule is CCCCN(CCC)C1=NN(CCC)C(=O)CC1. The van der Waals surface area contributed by atoms with Crippen LogP contribution in [-0.4, -0.2) is 41.3 Å². The zero-order chi connectivity index (χ0) is 13.4. The van der Waals surface area contributed by atoms with Gasteiger partial charge >= 0.3 is 0 Å². The predicted molar refractivity (Wildman–Crippen MR) is 75.4 cm³/mol. The zero-order valence-electron chi connectivity index (χ0n) is 12.1. The van der Waals surface area contributed by atoms with Gasteiger partial charge in [0.2, 0.25) is 5.91 Å². The minimum Gasteiger partial charge on any atom is -0.359 e. The van der Waals surface area contributed by atoms with Crippen LogP contribution in [0, 0.1) is 0 Å². The Kier molecular flexibility index (Phi) is 6.76. The average Bonchev–Trinajstić information content (AvgIpc) is 2.37. The van der Waals surface area contributed by atoms with Gasteiger partial charge in [-0.2, -0.15) is 5.10 Å². The van der Waals surface area contributed by atoms with Crippen molar-refractivity contribution in [3.05, 3.63) is 0 Å². The molecule has 1 heterocycles. The fourth-order valence-corrected chi connectivity index (χ4v) is 2.19. The van der Waals surface area contributed by atoms with Crippen molar-refractivity contribution in [3.63, 3.8) is 0 Å². The van der Waals surface area contributed by atoms with Gasteiger partial charge in [0.25, 0.3) is 0 Å². The Bertz CT molecular complexity index is 289. The van der Waals surface area contributed by atoms with Crippen LogP contribution in [0.2, 0.25) is 0 Å². The van der Waals surface area contributed by atoms with Crippen molar-refractivity contribution in [1.82, 2.24) is 9.91 Å². The first-order chi connectivity index (χ1) is 8.72. The van der Waals surface area contributed by atoms with Gasteiger partial charge in [0.15, 0.2) is 0 Å². The summed E-state index contributed by atoms with van der Waals surface area (Å²) in [5, 5.41) is 6.21. The molecule has 0 atom stereocenters. The first-order valence-corrected chi connectivity index (χ1v) is 7.35. The van der Waals surface area contributed by atoms with E-state index >= 15 is 0 Å². The normalized spacial score (nSPS) is 15.8. The Morgan fingerprint density at radius 2 is 1.89 bits per heavy atom. The molecule has 4 heteroatoms. The summed E-state index contributed by atoms with van der Waals surface area (Å²) >= 11 is 0. The van der Waals surface area contributed by atoms with Gasteiger partial charge in [-0.25, -0.2) is 5.01 Å². The molecular weight excluding hydrogens is 226 g/mol. The molecule has 0 saturated heterocycles. The quantitative estimate of drug-likeness (QED) is 0.699. The summed E-state index contributed by atoms with van der Waals surface area (Å²) < 4.78 is 0. The van der Waals surface area contributed by atoms with Gasteiger partial charge in [-0.3, -0.25) is 4.79 Å². The molecule has 0 aliphatic carbocycles. The number of rotatable bonds is 7. The van der Waals surface area contributed by atoms with E-state index in [0.29, 0.717) is 6.42 Å². The van der Waals surface area contributed by atoms with Gasteiger partial charge in [0, 0.05) is 32.5 Å². The third kappa shape index (κ3) is 4.31. The number of amidine groups is 1. The second-order valence-electron chi connectivity index (χ2n) is 4.87. The van der Waals surface area contributed by atoms with E-state index in [1.807, 2.05) is 0 Å². The summed E-state index contributed by atoms with van der Waals surface area (Å²) in [6.07, 6.45) is 5.91. The Hall–Kier alpha value is -1.06. The molecule has 0 unspecified atom stereocenters. The van der Waals surface area contributed by atoms with Gasteiger partial charge in [0.1, 0.15) is 5.84 Å². The van der Waals surface area contributed by atoms with Crippen molar-refractivity contribution < 1.29 is 4.79 Å².